The van der Waals surface area contributed by atoms with Crippen LogP contribution in [0.3, 0.4) is 0 Å². The van der Waals surface area contributed by atoms with Gasteiger partial charge in [-0.2, -0.15) is 0 Å². The van der Waals surface area contributed by atoms with Crippen LogP contribution < -0.4 is 5.56 Å². The van der Waals surface area contributed by atoms with Gasteiger partial charge in [-0.3, -0.25) is 14.3 Å². The van der Waals surface area contributed by atoms with Crippen LogP contribution in [0.25, 0.3) is 16.7 Å². The van der Waals surface area contributed by atoms with Gasteiger partial charge in [0.05, 0.1) is 23.7 Å². The van der Waals surface area contributed by atoms with Crippen molar-refractivity contribution in [1.82, 2.24) is 14.5 Å². The van der Waals surface area contributed by atoms with Crippen LogP contribution in [0, 0.1) is 11.7 Å². The van der Waals surface area contributed by atoms with Crippen LogP contribution in [0.15, 0.2) is 35.1 Å². The van der Waals surface area contributed by atoms with Crippen LogP contribution in [-0.4, -0.2) is 27.6 Å². The summed E-state index contributed by atoms with van der Waals surface area (Å²) >= 11 is 5.41. The quantitative estimate of drug-likeness (QED) is 0.567. The van der Waals surface area contributed by atoms with Gasteiger partial charge in [0.2, 0.25) is 0 Å². The number of aromatic amines is 1. The van der Waals surface area contributed by atoms with Crippen molar-refractivity contribution in [3.8, 4) is 5.69 Å². The Kier molecular flexibility index (Phi) is 3.96. The van der Waals surface area contributed by atoms with Crippen molar-refractivity contribution in [2.75, 3.05) is 7.11 Å². The monoisotopic (exact) mass is 367 g/mol. The number of H-pyrrole nitrogens is 1. The molecule has 1 aliphatic rings. The lowest BCUT2D eigenvalue weighted by Gasteiger charge is -2.14. The highest BCUT2D eigenvalue weighted by molar-refractivity contribution is 7.71. The number of hydrogen-bond acceptors (Lipinski definition) is 5. The highest BCUT2D eigenvalue weighted by Crippen LogP contribution is 2.40. The number of fused-ring (bicyclic) bond motifs is 1. The molecule has 6 nitrogen and oxygen atoms in total. The number of ether oxygens (including phenoxy) is 1. The molecule has 0 radical (unpaired) electrons. The molecule has 0 aliphatic heterocycles. The molecular formula is C19H17N3O3S. The second-order valence-electron chi connectivity index (χ2n) is 6.49. The number of benzene rings is 1. The Morgan fingerprint density at radius 3 is 2.77 bits per heavy atom. The van der Waals surface area contributed by atoms with Crippen LogP contribution in [0.5, 0.6) is 0 Å². The van der Waals surface area contributed by atoms with Gasteiger partial charge < -0.3 is 4.74 Å². The average Bonchev–Trinajstić information content (AvgIpc) is 3.45. The fraction of sp³-hybridized carbons (Fsp3) is 0.263. The first-order chi connectivity index (χ1) is 12.5. The first-order valence-electron chi connectivity index (χ1n) is 8.35. The maximum Gasteiger partial charge on any atom is 0.338 e. The molecule has 1 saturated carbocycles. The van der Waals surface area contributed by atoms with Crippen molar-refractivity contribution in [2.45, 2.75) is 25.7 Å². The lowest BCUT2D eigenvalue weighted by atomic mass is 10.1. The van der Waals surface area contributed by atoms with Crippen molar-refractivity contribution < 1.29 is 9.53 Å². The van der Waals surface area contributed by atoms with Gasteiger partial charge in [0.25, 0.3) is 5.56 Å². The highest BCUT2D eigenvalue weighted by atomic mass is 32.1. The summed E-state index contributed by atoms with van der Waals surface area (Å²) in [6.07, 6.45) is 2.04. The minimum absolute atomic E-state index is 0.191. The lowest BCUT2D eigenvalue weighted by Crippen LogP contribution is -2.19. The molecule has 2 heterocycles. The average molecular weight is 367 g/mol. The number of pyridine rings is 1. The predicted octanol–water partition coefficient (Wildman–Crippen LogP) is 3.42. The summed E-state index contributed by atoms with van der Waals surface area (Å²) in [5.41, 5.74) is 2.79. The van der Waals surface area contributed by atoms with Gasteiger partial charge in [-0.05, 0) is 55.7 Å². The number of aryl methyl sites for hydroxylation is 1. The van der Waals surface area contributed by atoms with Gasteiger partial charge >= 0.3 is 5.97 Å². The number of methoxy groups -OCH3 is 1. The Morgan fingerprint density at radius 1 is 1.35 bits per heavy atom. The molecule has 3 aromatic rings. The highest BCUT2D eigenvalue weighted by Gasteiger charge is 2.28. The Labute approximate surface area is 154 Å². The molecule has 0 saturated heterocycles. The molecule has 1 aliphatic carbocycles. The Morgan fingerprint density at radius 2 is 2.12 bits per heavy atom. The smallest absolute Gasteiger partial charge is 0.338 e. The normalized spacial score (nSPS) is 13.8. The van der Waals surface area contributed by atoms with Crippen LogP contribution in [0.4, 0.5) is 0 Å². The maximum absolute atomic E-state index is 12.6. The largest absolute Gasteiger partial charge is 0.465 e. The molecule has 0 amide bonds. The zero-order valence-electron chi connectivity index (χ0n) is 14.4. The third-order valence-corrected chi connectivity index (χ3v) is 4.83. The second kappa shape index (κ2) is 6.17. The molecule has 1 fully saturated rings. The molecule has 1 N–H and O–H groups in total. The van der Waals surface area contributed by atoms with Crippen LogP contribution in [-0.2, 0) is 4.74 Å². The van der Waals surface area contributed by atoms with E-state index in [-0.39, 0.29) is 15.7 Å². The first kappa shape index (κ1) is 16.7. The summed E-state index contributed by atoms with van der Waals surface area (Å²) in [4.78, 5) is 32.3. The maximum atomic E-state index is 12.6. The summed E-state index contributed by atoms with van der Waals surface area (Å²) in [7, 11) is 1.30. The second-order valence-corrected chi connectivity index (χ2v) is 6.88. The van der Waals surface area contributed by atoms with E-state index in [0.29, 0.717) is 11.6 Å². The van der Waals surface area contributed by atoms with Gasteiger partial charge in [0, 0.05) is 11.6 Å². The lowest BCUT2D eigenvalue weighted by molar-refractivity contribution is 0.0602. The Balaban J connectivity index is 2.15. The van der Waals surface area contributed by atoms with E-state index in [1.165, 1.54) is 7.11 Å². The zero-order valence-corrected chi connectivity index (χ0v) is 15.2. The van der Waals surface area contributed by atoms with E-state index in [4.69, 9.17) is 21.9 Å². The van der Waals surface area contributed by atoms with Crippen molar-refractivity contribution in [1.29, 1.82) is 0 Å². The summed E-state index contributed by atoms with van der Waals surface area (Å²) in [5, 5.41) is 0.191. The zero-order chi connectivity index (χ0) is 18.4. The van der Waals surface area contributed by atoms with E-state index >= 15 is 0 Å². The van der Waals surface area contributed by atoms with Gasteiger partial charge in [-0.1, -0.05) is 12.1 Å². The molecule has 2 aromatic heterocycles. The molecule has 0 unspecified atom stereocenters. The van der Waals surface area contributed by atoms with Gasteiger partial charge in [-0.15, -0.1) is 0 Å². The molecule has 132 valence electrons. The van der Waals surface area contributed by atoms with E-state index in [9.17, 15) is 9.59 Å². The summed E-state index contributed by atoms with van der Waals surface area (Å²) < 4.78 is 6.84. The number of nitrogens with one attached hydrogen (secondary N) is 1. The van der Waals surface area contributed by atoms with Crippen molar-refractivity contribution >= 4 is 29.2 Å². The third-order valence-electron chi connectivity index (χ3n) is 4.54. The standard InChI is InChI=1S/C19H17N3O3S/c1-10-4-3-5-12(8-10)22-16-15(17(23)21-19(22)26)13(18(24)25-2)9-14(20-16)11-6-7-11/h3-5,8-9,11H,6-7H2,1-2H3,(H,21,23,26). The number of esters is 1. The molecule has 0 atom stereocenters. The van der Waals surface area contributed by atoms with Crippen LogP contribution >= 0.6 is 12.2 Å². The van der Waals surface area contributed by atoms with E-state index in [1.54, 1.807) is 10.6 Å². The van der Waals surface area contributed by atoms with E-state index in [2.05, 4.69) is 4.98 Å². The molecule has 7 heteroatoms. The van der Waals surface area contributed by atoms with Crippen LogP contribution in [0.2, 0.25) is 0 Å². The molecule has 0 bridgehead atoms. The molecular weight excluding hydrogens is 350 g/mol. The fourth-order valence-corrected chi connectivity index (χ4v) is 3.40. The number of hydrogen-bond donors (Lipinski definition) is 1. The number of carbonyl (C=O) groups excluding carboxylic acids is 1. The van der Waals surface area contributed by atoms with Crippen LogP contribution in [0.1, 0.15) is 40.4 Å². The molecule has 0 spiro atoms. The molecule has 1 aromatic carbocycles. The Bertz CT molecular complexity index is 1160. The van der Waals surface area contributed by atoms with E-state index < -0.39 is 11.5 Å². The van der Waals surface area contributed by atoms with E-state index in [0.717, 1.165) is 29.8 Å². The van der Waals surface area contributed by atoms with Crippen molar-refractivity contribution in [3.05, 3.63) is 62.3 Å². The summed E-state index contributed by atoms with van der Waals surface area (Å²) in [6.45, 7) is 1.98. The summed E-state index contributed by atoms with van der Waals surface area (Å²) in [6, 6.07) is 9.41. The molecule has 26 heavy (non-hydrogen) atoms. The Hall–Kier alpha value is -2.80. The van der Waals surface area contributed by atoms with E-state index in [1.807, 2.05) is 31.2 Å². The number of nitrogens with zero attached hydrogens (tertiary/aromatic N) is 2. The fourth-order valence-electron chi connectivity index (χ4n) is 3.11. The minimum atomic E-state index is -0.558. The SMILES string of the molecule is COC(=O)c1cc(C2CC2)nc2c1c(=O)[nH]c(=S)n2-c1cccc(C)c1. The topological polar surface area (TPSA) is 77.0 Å². The van der Waals surface area contributed by atoms with Gasteiger partial charge in [0.1, 0.15) is 0 Å². The number of aromatic nitrogens is 3. The van der Waals surface area contributed by atoms with Crippen molar-refractivity contribution in [2.24, 2.45) is 0 Å². The first-order valence-corrected chi connectivity index (χ1v) is 8.75. The van der Waals surface area contributed by atoms with Crippen molar-refractivity contribution in [3.63, 3.8) is 0 Å². The summed E-state index contributed by atoms with van der Waals surface area (Å²) in [5.74, 6) is -0.251. The minimum Gasteiger partial charge on any atom is -0.465 e. The van der Waals surface area contributed by atoms with Gasteiger partial charge in [0.15, 0.2) is 10.4 Å². The third kappa shape index (κ3) is 2.74. The van der Waals surface area contributed by atoms with Gasteiger partial charge in [-0.25, -0.2) is 9.78 Å². The predicted molar refractivity (Wildman–Crippen MR) is 101 cm³/mol. The number of rotatable bonds is 3. The number of carbonyl (C=O) groups is 1. The molecule has 4 rings (SSSR count).